The van der Waals surface area contributed by atoms with E-state index in [-0.39, 0.29) is 5.82 Å². The zero-order valence-corrected chi connectivity index (χ0v) is 7.65. The zero-order chi connectivity index (χ0) is 8.97. The molecule has 12 heavy (non-hydrogen) atoms. The quantitative estimate of drug-likeness (QED) is 0.413. The number of hydrogen-bond donors (Lipinski definition) is 0. The Bertz CT molecular complexity index is 265. The van der Waals surface area contributed by atoms with Gasteiger partial charge in [0.15, 0.2) is 0 Å². The van der Waals surface area contributed by atoms with Gasteiger partial charge in [-0.25, -0.2) is 9.28 Å². The number of hydrogen-bond acceptors (Lipinski definition) is 3. The van der Waals surface area contributed by atoms with Gasteiger partial charge in [-0.3, -0.25) is 0 Å². The molecule has 0 amide bonds. The van der Waals surface area contributed by atoms with Gasteiger partial charge in [-0.15, -0.1) is 0 Å². The maximum Gasteiger partial charge on any atom is 0.124 e. The van der Waals surface area contributed by atoms with E-state index in [2.05, 4.69) is 9.22 Å². The Labute approximate surface area is 74.8 Å². The van der Waals surface area contributed by atoms with Gasteiger partial charge in [0.1, 0.15) is 5.82 Å². The molecular weight excluding hydrogens is 179 g/mol. The highest BCUT2D eigenvalue weighted by Crippen LogP contribution is 2.23. The monoisotopic (exact) mass is 188 g/mol. The summed E-state index contributed by atoms with van der Waals surface area (Å²) in [4.78, 5) is 5.10. The molecule has 0 radical (unpaired) electrons. The van der Waals surface area contributed by atoms with E-state index in [0.717, 1.165) is 22.5 Å². The molecule has 0 aliphatic rings. The molecule has 0 unspecified atom stereocenters. The predicted molar refractivity (Wildman–Crippen MR) is 45.1 cm³/mol. The van der Waals surface area contributed by atoms with Gasteiger partial charge in [0.25, 0.3) is 0 Å². The molecule has 0 bridgehead atoms. The maximum atomic E-state index is 12.7. The standard InChI is InChI=1S/C8H9FO2S/c1-6-3-4-7(9)5-8(6)12-11-10-2/h3-5H,1-2H3. The number of benzene rings is 1. The maximum absolute atomic E-state index is 12.7. The Balaban J connectivity index is 2.75. The highest BCUT2D eigenvalue weighted by atomic mass is 32.2. The minimum absolute atomic E-state index is 0.275. The molecule has 1 aromatic carbocycles. The van der Waals surface area contributed by atoms with Crippen molar-refractivity contribution in [3.8, 4) is 0 Å². The summed E-state index contributed by atoms with van der Waals surface area (Å²) in [5, 5.41) is 0. The molecule has 0 heterocycles. The van der Waals surface area contributed by atoms with E-state index in [9.17, 15) is 4.39 Å². The SMILES string of the molecule is COOSc1cc(F)ccc1C. The van der Waals surface area contributed by atoms with Crippen LogP contribution in [0.15, 0.2) is 23.1 Å². The van der Waals surface area contributed by atoms with Gasteiger partial charge in [0.2, 0.25) is 0 Å². The Kier molecular flexibility index (Phi) is 3.52. The molecule has 2 nitrogen and oxygen atoms in total. The first-order chi connectivity index (χ1) is 5.74. The fourth-order valence-electron chi connectivity index (χ4n) is 0.734. The summed E-state index contributed by atoms with van der Waals surface area (Å²) < 4.78 is 17.3. The van der Waals surface area contributed by atoms with Crippen molar-refractivity contribution in [3.63, 3.8) is 0 Å². The second-order valence-corrected chi connectivity index (χ2v) is 2.97. The molecule has 0 aliphatic heterocycles. The van der Waals surface area contributed by atoms with Crippen LogP contribution < -0.4 is 0 Å². The van der Waals surface area contributed by atoms with E-state index in [1.807, 2.05) is 6.92 Å². The van der Waals surface area contributed by atoms with Gasteiger partial charge < -0.3 is 0 Å². The van der Waals surface area contributed by atoms with Crippen molar-refractivity contribution in [1.29, 1.82) is 0 Å². The highest BCUT2D eigenvalue weighted by Gasteiger charge is 2.01. The number of aryl methyl sites for hydroxylation is 1. The molecule has 0 saturated heterocycles. The van der Waals surface area contributed by atoms with Crippen molar-refractivity contribution >= 4 is 12.0 Å². The normalized spacial score (nSPS) is 10.2. The largest absolute Gasteiger partial charge is 0.227 e. The smallest absolute Gasteiger partial charge is 0.124 e. The second kappa shape index (κ2) is 4.45. The van der Waals surface area contributed by atoms with Crippen LogP contribution in [0, 0.1) is 12.7 Å². The van der Waals surface area contributed by atoms with E-state index in [0.29, 0.717) is 0 Å². The first kappa shape index (κ1) is 9.51. The van der Waals surface area contributed by atoms with Crippen molar-refractivity contribution in [2.24, 2.45) is 0 Å². The molecule has 1 aromatic rings. The van der Waals surface area contributed by atoms with Crippen LogP contribution in [0.1, 0.15) is 5.56 Å². The molecule has 0 spiro atoms. The molecule has 4 heteroatoms. The third-order valence-electron chi connectivity index (χ3n) is 1.34. The van der Waals surface area contributed by atoms with Crippen molar-refractivity contribution in [2.75, 3.05) is 7.11 Å². The Morgan fingerprint density at radius 2 is 2.17 bits per heavy atom. The van der Waals surface area contributed by atoms with Crippen molar-refractivity contribution < 1.29 is 13.6 Å². The molecule has 0 aromatic heterocycles. The van der Waals surface area contributed by atoms with E-state index in [1.165, 1.54) is 19.2 Å². The summed E-state index contributed by atoms with van der Waals surface area (Å²) in [5.74, 6) is -0.275. The molecular formula is C8H9FO2S. The molecule has 0 N–H and O–H groups in total. The van der Waals surface area contributed by atoms with Gasteiger partial charge in [0, 0.05) is 4.90 Å². The van der Waals surface area contributed by atoms with E-state index in [4.69, 9.17) is 0 Å². The number of rotatable bonds is 3. The molecule has 66 valence electrons. The van der Waals surface area contributed by atoms with Crippen LogP contribution in [-0.2, 0) is 9.22 Å². The lowest BCUT2D eigenvalue weighted by Gasteiger charge is -2.02. The molecule has 0 fully saturated rings. The second-order valence-electron chi connectivity index (χ2n) is 2.23. The zero-order valence-electron chi connectivity index (χ0n) is 6.83. The predicted octanol–water partition coefficient (Wildman–Crippen LogP) is 2.72. The summed E-state index contributed by atoms with van der Waals surface area (Å²) in [6, 6.07) is 4.50. The van der Waals surface area contributed by atoms with Crippen LogP contribution in [-0.4, -0.2) is 7.11 Å². The van der Waals surface area contributed by atoms with Crippen molar-refractivity contribution in [1.82, 2.24) is 0 Å². The van der Waals surface area contributed by atoms with Crippen LogP contribution in [0.25, 0.3) is 0 Å². The van der Waals surface area contributed by atoms with Gasteiger partial charge in [-0.05, 0) is 24.6 Å². The summed E-state index contributed by atoms with van der Waals surface area (Å²) in [7, 11) is 1.40. The third-order valence-corrected chi connectivity index (χ3v) is 2.17. The lowest BCUT2D eigenvalue weighted by molar-refractivity contribution is -0.160. The first-order valence-electron chi connectivity index (χ1n) is 3.37. The van der Waals surface area contributed by atoms with E-state index in [1.54, 1.807) is 6.07 Å². The highest BCUT2D eigenvalue weighted by molar-refractivity contribution is 7.94. The lowest BCUT2D eigenvalue weighted by atomic mass is 10.2. The van der Waals surface area contributed by atoms with Crippen molar-refractivity contribution in [3.05, 3.63) is 29.6 Å². The third kappa shape index (κ3) is 2.48. The summed E-state index contributed by atoms with van der Waals surface area (Å²) in [6.45, 7) is 1.88. The number of halogens is 1. The molecule has 0 aliphatic carbocycles. The lowest BCUT2D eigenvalue weighted by Crippen LogP contribution is -1.84. The molecule has 0 saturated carbocycles. The Morgan fingerprint density at radius 3 is 2.83 bits per heavy atom. The van der Waals surface area contributed by atoms with Crippen LogP contribution in [0.4, 0.5) is 4.39 Å². The average molecular weight is 188 g/mol. The van der Waals surface area contributed by atoms with Crippen LogP contribution in [0.5, 0.6) is 0 Å². The minimum atomic E-state index is -0.275. The summed E-state index contributed by atoms with van der Waals surface area (Å²) in [5.41, 5.74) is 0.957. The fourth-order valence-corrected chi connectivity index (χ4v) is 1.24. The van der Waals surface area contributed by atoms with Crippen LogP contribution >= 0.6 is 12.0 Å². The Morgan fingerprint density at radius 1 is 1.42 bits per heavy atom. The average Bonchev–Trinajstić information content (AvgIpc) is 2.07. The van der Waals surface area contributed by atoms with E-state index < -0.39 is 0 Å². The summed E-state index contributed by atoms with van der Waals surface area (Å²) in [6.07, 6.45) is 0. The van der Waals surface area contributed by atoms with Crippen molar-refractivity contribution in [2.45, 2.75) is 11.8 Å². The fraction of sp³-hybridized carbons (Fsp3) is 0.250. The van der Waals surface area contributed by atoms with Gasteiger partial charge in [0.05, 0.1) is 19.2 Å². The molecule has 1 rings (SSSR count). The Hall–Kier alpha value is -0.580. The topological polar surface area (TPSA) is 18.5 Å². The van der Waals surface area contributed by atoms with E-state index >= 15 is 0 Å². The van der Waals surface area contributed by atoms with Gasteiger partial charge in [-0.2, -0.15) is 4.33 Å². The van der Waals surface area contributed by atoms with Gasteiger partial charge in [-0.1, -0.05) is 6.07 Å². The molecule has 0 atom stereocenters. The van der Waals surface area contributed by atoms with Crippen LogP contribution in [0.3, 0.4) is 0 Å². The van der Waals surface area contributed by atoms with Crippen LogP contribution in [0.2, 0.25) is 0 Å². The summed E-state index contributed by atoms with van der Waals surface area (Å²) >= 11 is 0.999. The minimum Gasteiger partial charge on any atom is -0.227 e. The first-order valence-corrected chi connectivity index (χ1v) is 4.11. The van der Waals surface area contributed by atoms with Gasteiger partial charge >= 0.3 is 0 Å².